The van der Waals surface area contributed by atoms with E-state index in [9.17, 15) is 12.8 Å². The largest absolute Gasteiger partial charge is 0.275 e. The topological polar surface area (TPSA) is 69.8 Å². The van der Waals surface area contributed by atoms with Crippen molar-refractivity contribution in [3.63, 3.8) is 0 Å². The van der Waals surface area contributed by atoms with Gasteiger partial charge in [0.2, 0.25) is 0 Å². The molecule has 0 N–H and O–H groups in total. The molecule has 0 spiro atoms. The zero-order valence-electron chi connectivity index (χ0n) is 15.2. The first-order chi connectivity index (χ1) is 13.4. The highest BCUT2D eigenvalue weighted by Gasteiger charge is 2.23. The summed E-state index contributed by atoms with van der Waals surface area (Å²) in [7, 11) is -2.20. The molecule has 0 atom stereocenters. The normalized spacial score (nSPS) is 11.7. The van der Waals surface area contributed by atoms with Gasteiger partial charge in [0.1, 0.15) is 10.7 Å². The van der Waals surface area contributed by atoms with Crippen LogP contribution in [0.25, 0.3) is 22.4 Å². The zero-order valence-corrected chi connectivity index (χ0v) is 16.1. The fourth-order valence-electron chi connectivity index (χ4n) is 3.04. The molecule has 0 aliphatic rings. The van der Waals surface area contributed by atoms with Crippen LogP contribution in [0, 0.1) is 12.7 Å². The van der Waals surface area contributed by atoms with Crippen LogP contribution >= 0.6 is 0 Å². The standard InChI is InChI=1S/C20H17FN4O2S/c1-14-7-20(18-5-3-4-6-19(18)21)25(12-14)28(26,27)17-8-15(9-22-11-17)16-10-23-24(2)13-16/h3-13H,1-2H3. The Morgan fingerprint density at radius 1 is 1.00 bits per heavy atom. The molecule has 6 nitrogen and oxygen atoms in total. The van der Waals surface area contributed by atoms with Gasteiger partial charge >= 0.3 is 0 Å². The van der Waals surface area contributed by atoms with E-state index in [1.54, 1.807) is 67.6 Å². The summed E-state index contributed by atoms with van der Waals surface area (Å²) >= 11 is 0. The first-order valence-corrected chi connectivity index (χ1v) is 9.94. The summed E-state index contributed by atoms with van der Waals surface area (Å²) in [5, 5.41) is 4.10. The molecule has 0 saturated heterocycles. The van der Waals surface area contributed by atoms with E-state index in [-0.39, 0.29) is 16.2 Å². The van der Waals surface area contributed by atoms with Crippen molar-refractivity contribution in [3.8, 4) is 22.4 Å². The van der Waals surface area contributed by atoms with Gasteiger partial charge in [0, 0.05) is 48.5 Å². The van der Waals surface area contributed by atoms with E-state index in [1.807, 2.05) is 0 Å². The molecule has 8 heteroatoms. The number of hydrogen-bond acceptors (Lipinski definition) is 4. The summed E-state index contributed by atoms with van der Waals surface area (Å²) < 4.78 is 43.7. The third-order valence-corrected chi connectivity index (χ3v) is 6.02. The van der Waals surface area contributed by atoms with Crippen molar-refractivity contribution < 1.29 is 12.8 Å². The molecular formula is C20H17FN4O2S. The van der Waals surface area contributed by atoms with Crippen LogP contribution in [0.15, 0.2) is 72.3 Å². The number of aryl methyl sites for hydroxylation is 2. The van der Waals surface area contributed by atoms with Gasteiger partial charge < -0.3 is 0 Å². The van der Waals surface area contributed by atoms with Gasteiger partial charge in [-0.15, -0.1) is 0 Å². The monoisotopic (exact) mass is 396 g/mol. The Hall–Kier alpha value is -3.26. The van der Waals surface area contributed by atoms with Crippen LogP contribution in [0.2, 0.25) is 0 Å². The molecule has 0 radical (unpaired) electrons. The minimum absolute atomic E-state index is 0.0158. The summed E-state index contributed by atoms with van der Waals surface area (Å²) in [5.74, 6) is -0.487. The third kappa shape index (κ3) is 3.11. The molecule has 28 heavy (non-hydrogen) atoms. The lowest BCUT2D eigenvalue weighted by atomic mass is 10.1. The lowest BCUT2D eigenvalue weighted by Gasteiger charge is -2.11. The second-order valence-corrected chi connectivity index (χ2v) is 8.31. The van der Waals surface area contributed by atoms with E-state index in [0.717, 1.165) is 9.54 Å². The van der Waals surface area contributed by atoms with Gasteiger partial charge in [0.15, 0.2) is 0 Å². The summed E-state index contributed by atoms with van der Waals surface area (Å²) in [6, 6.07) is 9.28. The molecule has 0 amide bonds. The van der Waals surface area contributed by atoms with Crippen LogP contribution in [-0.4, -0.2) is 27.2 Å². The molecule has 0 aliphatic heterocycles. The van der Waals surface area contributed by atoms with Crippen molar-refractivity contribution in [1.29, 1.82) is 0 Å². The number of rotatable bonds is 4. The Kier molecular flexibility index (Phi) is 4.35. The second-order valence-electron chi connectivity index (χ2n) is 6.50. The van der Waals surface area contributed by atoms with Crippen LogP contribution in [0.5, 0.6) is 0 Å². The van der Waals surface area contributed by atoms with Crippen LogP contribution in [0.4, 0.5) is 4.39 Å². The van der Waals surface area contributed by atoms with Gasteiger partial charge in [-0.3, -0.25) is 9.67 Å². The average molecular weight is 396 g/mol. The molecule has 3 heterocycles. The predicted octanol–water partition coefficient (Wildman–Crippen LogP) is 3.64. The van der Waals surface area contributed by atoms with Crippen molar-refractivity contribution >= 4 is 10.0 Å². The predicted molar refractivity (Wildman–Crippen MR) is 104 cm³/mol. The smallest absolute Gasteiger partial charge is 0.269 e. The molecule has 4 aromatic rings. The molecule has 0 bridgehead atoms. The fraction of sp³-hybridized carbons (Fsp3) is 0.100. The van der Waals surface area contributed by atoms with E-state index in [4.69, 9.17) is 0 Å². The number of halogens is 1. The molecule has 0 unspecified atom stereocenters. The Balaban J connectivity index is 1.86. The van der Waals surface area contributed by atoms with E-state index in [2.05, 4.69) is 10.1 Å². The SMILES string of the molecule is Cc1cc(-c2ccccc2F)n(S(=O)(=O)c2cncc(-c3cnn(C)c3)c2)c1. The summed E-state index contributed by atoms with van der Waals surface area (Å²) in [6.45, 7) is 1.76. The Bertz CT molecular complexity index is 1270. The fourth-order valence-corrected chi connectivity index (χ4v) is 4.45. The highest BCUT2D eigenvalue weighted by atomic mass is 32.2. The maximum Gasteiger partial charge on any atom is 0.269 e. The Morgan fingerprint density at radius 3 is 2.50 bits per heavy atom. The van der Waals surface area contributed by atoms with Crippen LogP contribution in [0.3, 0.4) is 0 Å². The lowest BCUT2D eigenvalue weighted by Crippen LogP contribution is -2.14. The van der Waals surface area contributed by atoms with Crippen LogP contribution in [-0.2, 0) is 17.1 Å². The van der Waals surface area contributed by atoms with E-state index < -0.39 is 15.8 Å². The Labute approximate surface area is 162 Å². The maximum absolute atomic E-state index is 14.3. The number of hydrogen-bond donors (Lipinski definition) is 0. The van der Waals surface area contributed by atoms with Gasteiger partial charge in [-0.05, 0) is 36.8 Å². The van der Waals surface area contributed by atoms with Crippen molar-refractivity contribution in [2.24, 2.45) is 7.05 Å². The van der Waals surface area contributed by atoms with Crippen molar-refractivity contribution in [2.75, 3.05) is 0 Å². The van der Waals surface area contributed by atoms with Crippen LogP contribution in [0.1, 0.15) is 5.56 Å². The average Bonchev–Trinajstić information content (AvgIpc) is 3.28. The van der Waals surface area contributed by atoms with Gasteiger partial charge in [0.05, 0.1) is 11.9 Å². The zero-order chi connectivity index (χ0) is 19.9. The van der Waals surface area contributed by atoms with E-state index in [0.29, 0.717) is 11.1 Å². The minimum Gasteiger partial charge on any atom is -0.275 e. The first kappa shape index (κ1) is 18.1. The summed E-state index contributed by atoms with van der Waals surface area (Å²) in [4.78, 5) is 4.10. The summed E-state index contributed by atoms with van der Waals surface area (Å²) in [6.07, 6.45) is 7.76. The lowest BCUT2D eigenvalue weighted by molar-refractivity contribution is 0.587. The first-order valence-electron chi connectivity index (χ1n) is 8.50. The highest BCUT2D eigenvalue weighted by Crippen LogP contribution is 2.29. The molecule has 1 aromatic carbocycles. The van der Waals surface area contributed by atoms with Gasteiger partial charge in [-0.1, -0.05) is 12.1 Å². The quantitative estimate of drug-likeness (QED) is 0.528. The van der Waals surface area contributed by atoms with Gasteiger partial charge in [0.25, 0.3) is 10.0 Å². The van der Waals surface area contributed by atoms with Crippen molar-refractivity contribution in [1.82, 2.24) is 18.7 Å². The van der Waals surface area contributed by atoms with Gasteiger partial charge in [-0.2, -0.15) is 5.10 Å². The number of nitrogens with zero attached hydrogens (tertiary/aromatic N) is 4. The highest BCUT2D eigenvalue weighted by molar-refractivity contribution is 7.90. The van der Waals surface area contributed by atoms with E-state index in [1.165, 1.54) is 18.5 Å². The van der Waals surface area contributed by atoms with Crippen molar-refractivity contribution in [2.45, 2.75) is 11.8 Å². The van der Waals surface area contributed by atoms with Gasteiger partial charge in [-0.25, -0.2) is 16.8 Å². The number of pyridine rings is 1. The van der Waals surface area contributed by atoms with Crippen LogP contribution < -0.4 is 0 Å². The molecule has 0 aliphatic carbocycles. The maximum atomic E-state index is 14.3. The minimum atomic E-state index is -3.98. The number of aromatic nitrogens is 4. The third-order valence-electron chi connectivity index (χ3n) is 4.38. The second kappa shape index (κ2) is 6.72. The molecule has 0 saturated carbocycles. The molecular weight excluding hydrogens is 379 g/mol. The van der Waals surface area contributed by atoms with E-state index >= 15 is 0 Å². The molecule has 4 rings (SSSR count). The molecule has 142 valence electrons. The number of benzene rings is 1. The summed E-state index contributed by atoms with van der Waals surface area (Å²) in [5.41, 5.74) is 2.58. The molecule has 3 aromatic heterocycles. The Morgan fingerprint density at radius 2 is 1.79 bits per heavy atom. The van der Waals surface area contributed by atoms with Crippen molar-refractivity contribution in [3.05, 3.63) is 78.8 Å². The molecule has 0 fully saturated rings.